The van der Waals surface area contributed by atoms with Crippen LogP contribution in [0.15, 0.2) is 66.7 Å². The number of carbonyl (C=O) groups is 2. The van der Waals surface area contributed by atoms with E-state index in [9.17, 15) is 9.59 Å². The van der Waals surface area contributed by atoms with Gasteiger partial charge in [0.1, 0.15) is 12.2 Å². The van der Waals surface area contributed by atoms with Crippen LogP contribution in [0.3, 0.4) is 0 Å². The molecule has 0 spiro atoms. The predicted molar refractivity (Wildman–Crippen MR) is 91.2 cm³/mol. The smallest absolute Gasteiger partial charge is 0.310 e. The third-order valence-corrected chi connectivity index (χ3v) is 3.62. The summed E-state index contributed by atoms with van der Waals surface area (Å²) in [5.74, 6) is -1.30. The monoisotopic (exact) mass is 308 g/mol. The zero-order valence-corrected chi connectivity index (χ0v) is 12.9. The molecule has 0 saturated carbocycles. The number of hydrogen-bond acceptors (Lipinski definition) is 2. The van der Waals surface area contributed by atoms with Gasteiger partial charge in [-0.15, -0.1) is 0 Å². The Morgan fingerprint density at radius 1 is 0.957 bits per heavy atom. The third-order valence-electron chi connectivity index (χ3n) is 3.62. The van der Waals surface area contributed by atoms with Crippen molar-refractivity contribution in [3.05, 3.63) is 77.9 Å². The minimum atomic E-state index is -1.07. The highest BCUT2D eigenvalue weighted by Crippen LogP contribution is 2.25. The lowest BCUT2D eigenvalue weighted by Crippen LogP contribution is -2.11. The van der Waals surface area contributed by atoms with E-state index in [1.165, 1.54) is 0 Å². The van der Waals surface area contributed by atoms with Gasteiger partial charge in [-0.2, -0.15) is 0 Å². The predicted octanol–water partition coefficient (Wildman–Crippen LogP) is 4.31. The van der Waals surface area contributed by atoms with Gasteiger partial charge in [0.05, 0.1) is 0 Å². The molecular formula is C20H20O3. The Balaban J connectivity index is 2.06. The molecule has 0 bridgehead atoms. The molecule has 1 N–H and O–H groups in total. The highest BCUT2D eigenvalue weighted by Gasteiger charge is 2.16. The maximum atomic E-state index is 11.9. The molecule has 0 amide bonds. The van der Waals surface area contributed by atoms with E-state index in [1.54, 1.807) is 0 Å². The lowest BCUT2D eigenvalue weighted by molar-refractivity contribution is -0.140. The minimum Gasteiger partial charge on any atom is -0.481 e. The number of hydrogen-bond donors (Lipinski definition) is 1. The van der Waals surface area contributed by atoms with Gasteiger partial charge in [0, 0.05) is 6.42 Å². The lowest BCUT2D eigenvalue weighted by atomic mass is 9.89. The molecule has 0 aliphatic rings. The van der Waals surface area contributed by atoms with Gasteiger partial charge in [0.25, 0.3) is 0 Å². The second-order valence-electron chi connectivity index (χ2n) is 5.47. The number of ketones is 1. The number of allylic oxidation sites excluding steroid dienone is 1. The Hall–Kier alpha value is -2.68. The summed E-state index contributed by atoms with van der Waals surface area (Å²) >= 11 is 0. The van der Waals surface area contributed by atoms with E-state index in [4.69, 9.17) is 5.11 Å². The second kappa shape index (κ2) is 8.69. The van der Waals surface area contributed by atoms with Gasteiger partial charge >= 0.3 is 5.97 Å². The van der Waals surface area contributed by atoms with Crippen molar-refractivity contribution in [2.45, 2.75) is 25.2 Å². The molecule has 1 atom stereocenters. The van der Waals surface area contributed by atoms with Crippen molar-refractivity contribution >= 4 is 17.8 Å². The van der Waals surface area contributed by atoms with Crippen LogP contribution in [0.25, 0.3) is 6.08 Å². The summed E-state index contributed by atoms with van der Waals surface area (Å²) in [7, 11) is 0. The molecule has 0 aliphatic carbocycles. The van der Waals surface area contributed by atoms with Crippen LogP contribution in [0.2, 0.25) is 0 Å². The van der Waals surface area contributed by atoms with Gasteiger partial charge in [-0.05, 0) is 23.5 Å². The molecule has 2 rings (SSSR count). The quantitative estimate of drug-likeness (QED) is 0.739. The maximum absolute atomic E-state index is 11.9. The summed E-state index contributed by atoms with van der Waals surface area (Å²) in [6.07, 6.45) is 4.60. The molecule has 0 saturated heterocycles. The van der Waals surface area contributed by atoms with Gasteiger partial charge in [0.2, 0.25) is 0 Å². The first-order chi connectivity index (χ1) is 11.1. The van der Waals surface area contributed by atoms with Crippen molar-refractivity contribution in [3.8, 4) is 0 Å². The zero-order chi connectivity index (χ0) is 16.5. The summed E-state index contributed by atoms with van der Waals surface area (Å²) in [6, 6.07) is 19.7. The van der Waals surface area contributed by atoms with Crippen LogP contribution in [0.1, 0.15) is 36.3 Å². The Bertz CT molecular complexity index is 660. The minimum absolute atomic E-state index is 0.00279. The summed E-state index contributed by atoms with van der Waals surface area (Å²) in [6.45, 7) is 0. The van der Waals surface area contributed by atoms with Crippen molar-refractivity contribution in [1.82, 2.24) is 0 Å². The van der Waals surface area contributed by atoms with E-state index in [2.05, 4.69) is 0 Å². The summed E-state index contributed by atoms with van der Waals surface area (Å²) in [5.41, 5.74) is 2.17. The number of carboxylic acid groups (broad SMARTS) is 1. The fourth-order valence-electron chi connectivity index (χ4n) is 2.51. The maximum Gasteiger partial charge on any atom is 0.310 e. The SMILES string of the molecule is O=C(O)CC(=O)CC(C/C=C/c1ccccc1)c1ccccc1. The molecule has 2 aromatic carbocycles. The van der Waals surface area contributed by atoms with Gasteiger partial charge in [0.15, 0.2) is 0 Å². The van der Waals surface area contributed by atoms with Gasteiger partial charge < -0.3 is 5.11 Å². The number of carboxylic acids is 1. The van der Waals surface area contributed by atoms with Gasteiger partial charge in [-0.25, -0.2) is 0 Å². The molecule has 118 valence electrons. The lowest BCUT2D eigenvalue weighted by Gasteiger charge is -2.14. The van der Waals surface area contributed by atoms with Gasteiger partial charge in [-0.1, -0.05) is 72.8 Å². The number of carbonyl (C=O) groups excluding carboxylic acids is 1. The molecule has 2 aromatic rings. The molecule has 0 radical (unpaired) electrons. The topological polar surface area (TPSA) is 54.4 Å². The highest BCUT2D eigenvalue weighted by molar-refractivity contribution is 5.95. The summed E-state index contributed by atoms with van der Waals surface area (Å²) in [5, 5.41) is 8.76. The Kier molecular flexibility index (Phi) is 6.30. The fourth-order valence-corrected chi connectivity index (χ4v) is 2.51. The average Bonchev–Trinajstić information content (AvgIpc) is 2.55. The van der Waals surface area contributed by atoms with Crippen LogP contribution in [-0.2, 0) is 9.59 Å². The van der Waals surface area contributed by atoms with E-state index < -0.39 is 12.4 Å². The van der Waals surface area contributed by atoms with Gasteiger partial charge in [-0.3, -0.25) is 9.59 Å². The van der Waals surface area contributed by atoms with E-state index in [0.717, 1.165) is 11.1 Å². The largest absolute Gasteiger partial charge is 0.481 e. The van der Waals surface area contributed by atoms with E-state index in [0.29, 0.717) is 6.42 Å². The fraction of sp³-hybridized carbons (Fsp3) is 0.200. The zero-order valence-electron chi connectivity index (χ0n) is 12.9. The van der Waals surface area contributed by atoms with Crippen molar-refractivity contribution in [2.24, 2.45) is 0 Å². The number of benzene rings is 2. The number of aliphatic carboxylic acids is 1. The van der Waals surface area contributed by atoms with Crippen LogP contribution in [0.4, 0.5) is 0 Å². The molecule has 0 aromatic heterocycles. The van der Waals surface area contributed by atoms with Crippen LogP contribution in [0.5, 0.6) is 0 Å². The van der Waals surface area contributed by atoms with Crippen molar-refractivity contribution in [3.63, 3.8) is 0 Å². The van der Waals surface area contributed by atoms with Crippen molar-refractivity contribution in [1.29, 1.82) is 0 Å². The molecule has 0 fully saturated rings. The molecule has 3 nitrogen and oxygen atoms in total. The first kappa shape index (κ1) is 16.7. The van der Waals surface area contributed by atoms with Crippen LogP contribution < -0.4 is 0 Å². The molecular weight excluding hydrogens is 288 g/mol. The molecule has 23 heavy (non-hydrogen) atoms. The first-order valence-corrected chi connectivity index (χ1v) is 7.65. The first-order valence-electron chi connectivity index (χ1n) is 7.65. The molecule has 0 aliphatic heterocycles. The van der Waals surface area contributed by atoms with E-state index in [-0.39, 0.29) is 18.1 Å². The third kappa shape index (κ3) is 5.91. The normalized spacial score (nSPS) is 12.2. The van der Waals surface area contributed by atoms with Crippen molar-refractivity contribution in [2.75, 3.05) is 0 Å². The standard InChI is InChI=1S/C20H20O3/c21-19(15-20(22)23)14-18(17-11-5-2-6-12-17)13-7-10-16-8-3-1-4-9-16/h1-12,18H,13-15H2,(H,22,23)/b10-7+. The average molecular weight is 308 g/mol. The van der Waals surface area contributed by atoms with Crippen LogP contribution in [-0.4, -0.2) is 16.9 Å². The Morgan fingerprint density at radius 3 is 2.17 bits per heavy atom. The molecule has 1 unspecified atom stereocenters. The second-order valence-corrected chi connectivity index (χ2v) is 5.47. The number of Topliss-reactive ketones (excluding diaryl/α,β-unsaturated/α-hetero) is 1. The molecule has 3 heteroatoms. The van der Waals surface area contributed by atoms with E-state index in [1.807, 2.05) is 72.8 Å². The summed E-state index contributed by atoms with van der Waals surface area (Å²) in [4.78, 5) is 22.6. The Labute approximate surface area is 136 Å². The number of rotatable bonds is 8. The van der Waals surface area contributed by atoms with Crippen LogP contribution in [0, 0.1) is 0 Å². The van der Waals surface area contributed by atoms with Crippen LogP contribution >= 0.6 is 0 Å². The summed E-state index contributed by atoms with van der Waals surface area (Å²) < 4.78 is 0. The highest BCUT2D eigenvalue weighted by atomic mass is 16.4. The van der Waals surface area contributed by atoms with E-state index >= 15 is 0 Å². The Morgan fingerprint density at radius 2 is 1.57 bits per heavy atom. The van der Waals surface area contributed by atoms with Crippen molar-refractivity contribution < 1.29 is 14.7 Å². The molecule has 0 heterocycles.